The third-order valence-electron chi connectivity index (χ3n) is 3.81. The first-order chi connectivity index (χ1) is 9.78. The lowest BCUT2D eigenvalue weighted by Crippen LogP contribution is -2.28. The minimum atomic E-state index is -0.182. The first-order valence-corrected chi connectivity index (χ1v) is 6.84. The molecule has 0 fully saturated rings. The van der Waals surface area contributed by atoms with E-state index in [1.54, 1.807) is 19.4 Å². The number of aryl methyl sites for hydroxylation is 1. The Kier molecular flexibility index (Phi) is 3.85. The van der Waals surface area contributed by atoms with Crippen molar-refractivity contribution in [2.45, 2.75) is 24.9 Å². The molecule has 3 nitrogen and oxygen atoms in total. The molecule has 0 radical (unpaired) electrons. The Balaban J connectivity index is 1.79. The van der Waals surface area contributed by atoms with Gasteiger partial charge in [0.1, 0.15) is 11.6 Å². The molecule has 1 aromatic carbocycles. The fraction of sp³-hybridized carbons (Fsp3) is 0.375. The lowest BCUT2D eigenvalue weighted by Gasteiger charge is -2.21. The zero-order valence-electron chi connectivity index (χ0n) is 11.4. The predicted octanol–water partition coefficient (Wildman–Crippen LogP) is 3.38. The van der Waals surface area contributed by atoms with Crippen molar-refractivity contribution in [3.05, 3.63) is 59.3 Å². The summed E-state index contributed by atoms with van der Waals surface area (Å²) in [6.45, 7) is 0.522. The summed E-state index contributed by atoms with van der Waals surface area (Å²) in [6.07, 6.45) is 3.60. The number of furan rings is 1. The van der Waals surface area contributed by atoms with E-state index in [1.165, 1.54) is 11.6 Å². The summed E-state index contributed by atoms with van der Waals surface area (Å²) < 4.78 is 24.1. The number of halogens is 1. The molecule has 3 rings (SSSR count). The van der Waals surface area contributed by atoms with Gasteiger partial charge in [-0.3, -0.25) is 5.32 Å². The second-order valence-corrected chi connectivity index (χ2v) is 5.12. The van der Waals surface area contributed by atoms with Crippen LogP contribution in [0.15, 0.2) is 41.0 Å². The molecular weight excluding hydrogens is 257 g/mol. The highest BCUT2D eigenvalue weighted by Gasteiger charge is 2.26. The van der Waals surface area contributed by atoms with Crippen LogP contribution in [0, 0.1) is 5.82 Å². The van der Waals surface area contributed by atoms with Crippen molar-refractivity contribution < 1.29 is 13.5 Å². The molecule has 1 heterocycles. The molecule has 0 aliphatic heterocycles. The van der Waals surface area contributed by atoms with Crippen molar-refractivity contribution in [3.63, 3.8) is 0 Å². The van der Waals surface area contributed by atoms with Crippen LogP contribution < -0.4 is 5.32 Å². The van der Waals surface area contributed by atoms with E-state index in [2.05, 4.69) is 5.32 Å². The highest BCUT2D eigenvalue weighted by molar-refractivity contribution is 5.35. The quantitative estimate of drug-likeness (QED) is 0.908. The number of methoxy groups -OCH3 is 1. The molecule has 1 N–H and O–H groups in total. The fourth-order valence-corrected chi connectivity index (χ4v) is 2.86. The molecule has 1 aliphatic rings. The van der Waals surface area contributed by atoms with Gasteiger partial charge in [0.05, 0.1) is 18.9 Å². The van der Waals surface area contributed by atoms with Gasteiger partial charge in [0.15, 0.2) is 0 Å². The Morgan fingerprint density at radius 2 is 2.35 bits per heavy atom. The van der Waals surface area contributed by atoms with Crippen molar-refractivity contribution in [2.24, 2.45) is 0 Å². The number of rotatable bonds is 5. The molecule has 0 saturated heterocycles. The van der Waals surface area contributed by atoms with E-state index in [0.717, 1.165) is 24.2 Å². The van der Waals surface area contributed by atoms with Gasteiger partial charge in [0.25, 0.3) is 0 Å². The summed E-state index contributed by atoms with van der Waals surface area (Å²) in [4.78, 5) is 0. The second kappa shape index (κ2) is 5.77. The Morgan fingerprint density at radius 3 is 3.10 bits per heavy atom. The van der Waals surface area contributed by atoms with Crippen molar-refractivity contribution in [1.82, 2.24) is 5.32 Å². The second-order valence-electron chi connectivity index (χ2n) is 5.12. The van der Waals surface area contributed by atoms with Gasteiger partial charge in [-0.15, -0.1) is 0 Å². The van der Waals surface area contributed by atoms with Crippen molar-refractivity contribution in [1.29, 1.82) is 0 Å². The average Bonchev–Trinajstić information content (AvgIpc) is 3.08. The van der Waals surface area contributed by atoms with Gasteiger partial charge in [0, 0.05) is 13.2 Å². The summed E-state index contributed by atoms with van der Waals surface area (Å²) in [6, 6.07) is 8.96. The highest BCUT2D eigenvalue weighted by atomic mass is 19.1. The first kappa shape index (κ1) is 13.3. The fourth-order valence-electron chi connectivity index (χ4n) is 2.86. The van der Waals surface area contributed by atoms with E-state index in [1.807, 2.05) is 18.2 Å². The maximum Gasteiger partial charge on any atom is 0.123 e. The molecular formula is C16H18FNO2. The van der Waals surface area contributed by atoms with Crippen LogP contribution in [0.3, 0.4) is 0 Å². The molecule has 2 aromatic rings. The minimum absolute atomic E-state index is 0.0192. The maximum absolute atomic E-state index is 13.4. The summed E-state index contributed by atoms with van der Waals surface area (Å²) in [5.74, 6) is 0.662. The van der Waals surface area contributed by atoms with Crippen LogP contribution in [-0.2, 0) is 11.2 Å². The molecule has 1 aliphatic carbocycles. The Hall–Kier alpha value is -1.65. The molecule has 0 bridgehead atoms. The van der Waals surface area contributed by atoms with Gasteiger partial charge in [-0.25, -0.2) is 4.39 Å². The topological polar surface area (TPSA) is 34.4 Å². The molecule has 20 heavy (non-hydrogen) atoms. The summed E-state index contributed by atoms with van der Waals surface area (Å²) >= 11 is 0. The summed E-state index contributed by atoms with van der Waals surface area (Å²) in [7, 11) is 1.67. The largest absolute Gasteiger partial charge is 0.468 e. The number of benzene rings is 1. The van der Waals surface area contributed by atoms with Gasteiger partial charge in [-0.05, 0) is 48.2 Å². The monoisotopic (exact) mass is 275 g/mol. The van der Waals surface area contributed by atoms with Gasteiger partial charge in [0.2, 0.25) is 0 Å². The van der Waals surface area contributed by atoms with Gasteiger partial charge >= 0.3 is 0 Å². The van der Waals surface area contributed by atoms with E-state index in [4.69, 9.17) is 9.15 Å². The lowest BCUT2D eigenvalue weighted by atomic mass is 10.1. The van der Waals surface area contributed by atoms with Crippen LogP contribution in [-0.4, -0.2) is 13.7 Å². The highest BCUT2D eigenvalue weighted by Crippen LogP contribution is 2.33. The van der Waals surface area contributed by atoms with Crippen LogP contribution in [0.25, 0.3) is 0 Å². The normalized spacial score (nSPS) is 19.0. The van der Waals surface area contributed by atoms with E-state index >= 15 is 0 Å². The van der Waals surface area contributed by atoms with Gasteiger partial charge in [-0.1, -0.05) is 6.07 Å². The Morgan fingerprint density at radius 1 is 1.45 bits per heavy atom. The predicted molar refractivity (Wildman–Crippen MR) is 73.9 cm³/mol. The standard InChI is InChI=1S/C16H18FNO2/c1-19-10-15(16-3-2-8-20-16)18-14-7-5-11-4-6-12(17)9-13(11)14/h2-4,6,8-9,14-15,18H,5,7,10H2,1H3/t14-,15-/m1/s1. The molecule has 0 saturated carbocycles. The number of hydrogen-bond acceptors (Lipinski definition) is 3. The molecule has 106 valence electrons. The number of ether oxygens (including phenoxy) is 1. The smallest absolute Gasteiger partial charge is 0.123 e. The van der Waals surface area contributed by atoms with E-state index in [-0.39, 0.29) is 17.9 Å². The van der Waals surface area contributed by atoms with Crippen molar-refractivity contribution in [2.75, 3.05) is 13.7 Å². The third kappa shape index (κ3) is 2.62. The Labute approximate surface area is 117 Å². The number of fused-ring (bicyclic) bond motifs is 1. The zero-order chi connectivity index (χ0) is 13.9. The van der Waals surface area contributed by atoms with Crippen LogP contribution in [0.4, 0.5) is 4.39 Å². The van der Waals surface area contributed by atoms with Gasteiger partial charge in [-0.2, -0.15) is 0 Å². The maximum atomic E-state index is 13.4. The molecule has 0 spiro atoms. The molecule has 4 heteroatoms. The van der Waals surface area contributed by atoms with E-state index in [0.29, 0.717) is 6.61 Å². The molecule has 2 atom stereocenters. The van der Waals surface area contributed by atoms with E-state index in [9.17, 15) is 4.39 Å². The molecule has 0 amide bonds. The number of hydrogen-bond donors (Lipinski definition) is 1. The van der Waals surface area contributed by atoms with Crippen LogP contribution in [0.2, 0.25) is 0 Å². The van der Waals surface area contributed by atoms with Crippen LogP contribution in [0.5, 0.6) is 0 Å². The van der Waals surface area contributed by atoms with E-state index < -0.39 is 0 Å². The minimum Gasteiger partial charge on any atom is -0.468 e. The average molecular weight is 275 g/mol. The SMILES string of the molecule is COC[C@@H](N[C@@H]1CCc2ccc(F)cc21)c1ccco1. The zero-order valence-corrected chi connectivity index (χ0v) is 11.4. The van der Waals surface area contributed by atoms with Crippen molar-refractivity contribution in [3.8, 4) is 0 Å². The third-order valence-corrected chi connectivity index (χ3v) is 3.81. The van der Waals surface area contributed by atoms with Crippen molar-refractivity contribution >= 4 is 0 Å². The number of nitrogens with one attached hydrogen (secondary N) is 1. The van der Waals surface area contributed by atoms with Crippen LogP contribution >= 0.6 is 0 Å². The first-order valence-electron chi connectivity index (χ1n) is 6.84. The molecule has 0 unspecified atom stereocenters. The molecule has 1 aromatic heterocycles. The van der Waals surface area contributed by atoms with Gasteiger partial charge < -0.3 is 9.15 Å². The Bertz CT molecular complexity index is 568. The lowest BCUT2D eigenvalue weighted by molar-refractivity contribution is 0.150. The summed E-state index contributed by atoms with van der Waals surface area (Å²) in [5, 5.41) is 3.52. The van der Waals surface area contributed by atoms with Crippen LogP contribution in [0.1, 0.15) is 35.4 Å². The summed E-state index contributed by atoms with van der Waals surface area (Å²) in [5.41, 5.74) is 2.28.